The molecule has 27 heavy (non-hydrogen) atoms. The Hall–Kier alpha value is -1.79. The first-order valence-electron chi connectivity index (χ1n) is 10.0. The van der Waals surface area contributed by atoms with Crippen molar-refractivity contribution in [1.82, 2.24) is 10.2 Å². The predicted octanol–water partition coefficient (Wildman–Crippen LogP) is 2.71. The second kappa shape index (κ2) is 12.6. The van der Waals surface area contributed by atoms with E-state index >= 15 is 0 Å². The molecule has 1 fully saturated rings. The monoisotopic (exact) mass is 377 g/mol. The number of para-hydroxylation sites is 1. The lowest BCUT2D eigenvalue weighted by molar-refractivity contribution is 0.0536. The van der Waals surface area contributed by atoms with Crippen LogP contribution < -0.4 is 10.1 Å². The number of benzene rings is 1. The van der Waals surface area contributed by atoms with Crippen molar-refractivity contribution in [2.45, 2.75) is 26.7 Å². The van der Waals surface area contributed by atoms with Gasteiger partial charge in [-0.3, -0.25) is 4.99 Å². The lowest BCUT2D eigenvalue weighted by atomic mass is 10.1. The molecule has 6 heteroatoms. The molecule has 1 aliphatic heterocycles. The number of aliphatic imine (C=N–C) groups is 1. The molecule has 6 nitrogen and oxygen atoms in total. The average molecular weight is 378 g/mol. The lowest BCUT2D eigenvalue weighted by Crippen LogP contribution is -2.40. The van der Waals surface area contributed by atoms with E-state index in [0.29, 0.717) is 25.7 Å². The third-order valence-corrected chi connectivity index (χ3v) is 4.62. The van der Waals surface area contributed by atoms with E-state index in [4.69, 9.17) is 19.2 Å². The summed E-state index contributed by atoms with van der Waals surface area (Å²) in [5, 5.41) is 3.41. The van der Waals surface area contributed by atoms with Crippen LogP contribution in [0.15, 0.2) is 29.3 Å². The van der Waals surface area contributed by atoms with Gasteiger partial charge in [0.25, 0.3) is 0 Å². The van der Waals surface area contributed by atoms with Gasteiger partial charge in [-0.2, -0.15) is 0 Å². The quantitative estimate of drug-likeness (QED) is 0.365. The van der Waals surface area contributed by atoms with Crippen LogP contribution >= 0.6 is 0 Å². The van der Waals surface area contributed by atoms with Crippen molar-refractivity contribution in [1.29, 1.82) is 0 Å². The highest BCUT2D eigenvalue weighted by Gasteiger charge is 2.24. The van der Waals surface area contributed by atoms with Crippen LogP contribution in [0.1, 0.15) is 25.3 Å². The molecule has 1 aliphatic rings. The highest BCUT2D eigenvalue weighted by atomic mass is 16.5. The van der Waals surface area contributed by atoms with Gasteiger partial charge in [0, 0.05) is 45.6 Å². The van der Waals surface area contributed by atoms with Crippen molar-refractivity contribution < 1.29 is 14.2 Å². The molecule has 1 heterocycles. The Morgan fingerprint density at radius 1 is 1.26 bits per heavy atom. The van der Waals surface area contributed by atoms with E-state index in [1.54, 1.807) is 7.11 Å². The predicted molar refractivity (Wildman–Crippen MR) is 110 cm³/mol. The summed E-state index contributed by atoms with van der Waals surface area (Å²) < 4.78 is 16.6. The Kier molecular flexibility index (Phi) is 10.0. The van der Waals surface area contributed by atoms with Crippen molar-refractivity contribution >= 4 is 5.96 Å². The molecule has 2 rings (SSSR count). The molecule has 0 amide bonds. The van der Waals surface area contributed by atoms with Crippen molar-refractivity contribution in [2.24, 2.45) is 10.9 Å². The van der Waals surface area contributed by atoms with Crippen LogP contribution in [0, 0.1) is 12.8 Å². The summed E-state index contributed by atoms with van der Waals surface area (Å²) in [7, 11) is 1.70. The van der Waals surface area contributed by atoms with Crippen LogP contribution in [-0.4, -0.2) is 70.6 Å². The molecular weight excluding hydrogens is 342 g/mol. The van der Waals surface area contributed by atoms with E-state index in [2.05, 4.69) is 30.1 Å². The van der Waals surface area contributed by atoms with Crippen LogP contribution in [0.3, 0.4) is 0 Å². The average Bonchev–Trinajstić information content (AvgIpc) is 3.14. The molecule has 1 aromatic rings. The molecule has 152 valence electrons. The van der Waals surface area contributed by atoms with Crippen LogP contribution in [0.4, 0.5) is 0 Å². The molecule has 1 unspecified atom stereocenters. The molecule has 0 aliphatic carbocycles. The third-order valence-electron chi connectivity index (χ3n) is 4.62. The maximum atomic E-state index is 5.86. The Balaban J connectivity index is 1.71. The van der Waals surface area contributed by atoms with Gasteiger partial charge in [0.15, 0.2) is 5.96 Å². The summed E-state index contributed by atoms with van der Waals surface area (Å²) in [6.45, 7) is 10.7. The molecule has 1 atom stereocenters. The highest BCUT2D eigenvalue weighted by molar-refractivity contribution is 5.80. The van der Waals surface area contributed by atoms with Gasteiger partial charge in [-0.1, -0.05) is 18.2 Å². The number of rotatable bonds is 11. The number of guanidine groups is 1. The zero-order valence-corrected chi connectivity index (χ0v) is 17.1. The molecular formula is C21H35N3O3. The minimum Gasteiger partial charge on any atom is -0.493 e. The molecule has 1 saturated heterocycles. The molecule has 0 saturated carbocycles. The summed E-state index contributed by atoms with van der Waals surface area (Å²) in [5.74, 6) is 2.53. The van der Waals surface area contributed by atoms with Gasteiger partial charge in [0.1, 0.15) is 5.75 Å². The maximum absolute atomic E-state index is 5.86. The summed E-state index contributed by atoms with van der Waals surface area (Å²) in [5.41, 5.74) is 1.17. The summed E-state index contributed by atoms with van der Waals surface area (Å²) in [6, 6.07) is 8.12. The van der Waals surface area contributed by atoms with Crippen molar-refractivity contribution in [3.63, 3.8) is 0 Å². The van der Waals surface area contributed by atoms with Gasteiger partial charge in [-0.05, 0) is 31.9 Å². The van der Waals surface area contributed by atoms with Gasteiger partial charge in [-0.25, -0.2) is 0 Å². The molecule has 0 radical (unpaired) electrons. The second-order valence-corrected chi connectivity index (χ2v) is 6.87. The normalized spacial score (nSPS) is 17.4. The summed E-state index contributed by atoms with van der Waals surface area (Å²) in [6.07, 6.45) is 2.05. The fourth-order valence-corrected chi connectivity index (χ4v) is 3.13. The first kappa shape index (κ1) is 21.5. The zero-order valence-electron chi connectivity index (χ0n) is 17.1. The Labute approximate surface area is 163 Å². The minimum absolute atomic E-state index is 0.565. The fourth-order valence-electron chi connectivity index (χ4n) is 3.13. The van der Waals surface area contributed by atoms with Crippen molar-refractivity contribution in [3.8, 4) is 5.75 Å². The first-order chi connectivity index (χ1) is 13.2. The lowest BCUT2D eigenvalue weighted by Gasteiger charge is -2.21. The maximum Gasteiger partial charge on any atom is 0.193 e. The minimum atomic E-state index is 0.565. The number of nitrogens with zero attached hydrogens (tertiary/aromatic N) is 2. The van der Waals surface area contributed by atoms with Crippen molar-refractivity contribution in [2.75, 3.05) is 59.7 Å². The SMILES string of the molecule is CCNC(=NCCCOc1ccccc1C)N1CCC(COCCOC)C1. The standard InChI is InChI=1S/C21H35N3O3/c1-4-22-21(24-12-10-19(16-24)17-26-15-14-25-3)23-11-7-13-27-20-9-6-5-8-18(20)2/h5-6,8-9,19H,4,7,10-17H2,1-3H3,(H,22,23). The number of aryl methyl sites for hydroxylation is 1. The van der Waals surface area contributed by atoms with Crippen LogP contribution in [0.5, 0.6) is 5.75 Å². The number of hydrogen-bond donors (Lipinski definition) is 1. The molecule has 0 bridgehead atoms. The molecule has 1 aromatic carbocycles. The van der Waals surface area contributed by atoms with E-state index in [1.807, 2.05) is 18.2 Å². The second-order valence-electron chi connectivity index (χ2n) is 6.87. The van der Waals surface area contributed by atoms with E-state index in [0.717, 1.165) is 57.3 Å². The topological polar surface area (TPSA) is 55.3 Å². The van der Waals surface area contributed by atoms with Crippen LogP contribution in [0.2, 0.25) is 0 Å². The first-order valence-corrected chi connectivity index (χ1v) is 10.0. The van der Waals surface area contributed by atoms with E-state index in [9.17, 15) is 0 Å². The molecule has 0 spiro atoms. The number of nitrogens with one attached hydrogen (secondary N) is 1. The zero-order chi connectivity index (χ0) is 19.3. The number of ether oxygens (including phenoxy) is 3. The molecule has 1 N–H and O–H groups in total. The number of methoxy groups -OCH3 is 1. The van der Waals surface area contributed by atoms with Gasteiger partial charge in [-0.15, -0.1) is 0 Å². The largest absolute Gasteiger partial charge is 0.493 e. The van der Waals surface area contributed by atoms with Crippen LogP contribution in [-0.2, 0) is 9.47 Å². The highest BCUT2D eigenvalue weighted by Crippen LogP contribution is 2.17. The summed E-state index contributed by atoms with van der Waals surface area (Å²) >= 11 is 0. The third kappa shape index (κ3) is 7.77. The Bertz CT molecular complexity index is 565. The molecule has 0 aromatic heterocycles. The van der Waals surface area contributed by atoms with E-state index in [1.165, 1.54) is 5.56 Å². The number of likely N-dealkylation sites (tertiary alicyclic amines) is 1. The smallest absolute Gasteiger partial charge is 0.193 e. The van der Waals surface area contributed by atoms with Gasteiger partial charge in [0.05, 0.1) is 26.4 Å². The van der Waals surface area contributed by atoms with Gasteiger partial charge < -0.3 is 24.4 Å². The fraction of sp³-hybridized carbons (Fsp3) is 0.667. The summed E-state index contributed by atoms with van der Waals surface area (Å²) in [4.78, 5) is 7.13. The Morgan fingerprint density at radius 2 is 2.11 bits per heavy atom. The van der Waals surface area contributed by atoms with Crippen molar-refractivity contribution in [3.05, 3.63) is 29.8 Å². The van der Waals surface area contributed by atoms with E-state index in [-0.39, 0.29) is 0 Å². The van der Waals surface area contributed by atoms with Gasteiger partial charge >= 0.3 is 0 Å². The number of hydrogen-bond acceptors (Lipinski definition) is 4. The Morgan fingerprint density at radius 3 is 2.89 bits per heavy atom. The van der Waals surface area contributed by atoms with Crippen LogP contribution in [0.25, 0.3) is 0 Å². The van der Waals surface area contributed by atoms with Gasteiger partial charge in [0.2, 0.25) is 0 Å². The van der Waals surface area contributed by atoms with E-state index < -0.39 is 0 Å².